The van der Waals surface area contributed by atoms with E-state index < -0.39 is 17.5 Å². The van der Waals surface area contributed by atoms with E-state index in [0.717, 1.165) is 70.6 Å². The molecule has 1 N–H and O–H groups in total. The Labute approximate surface area is 203 Å². The molecule has 0 spiro atoms. The lowest BCUT2D eigenvalue weighted by atomic mass is 9.84. The van der Waals surface area contributed by atoms with Crippen LogP contribution in [0.2, 0.25) is 5.02 Å². The molecule has 1 aliphatic heterocycles. The number of ether oxygens (including phenoxy) is 1. The molecule has 1 aliphatic carbocycles. The van der Waals surface area contributed by atoms with Crippen molar-refractivity contribution in [3.8, 4) is 5.75 Å². The predicted molar refractivity (Wildman–Crippen MR) is 126 cm³/mol. The summed E-state index contributed by atoms with van der Waals surface area (Å²) in [6.07, 6.45) is 6.53. The van der Waals surface area contributed by atoms with Crippen LogP contribution in [-0.4, -0.2) is 42.6 Å². The Bertz CT molecular complexity index is 973. The van der Waals surface area contributed by atoms with Crippen LogP contribution in [0, 0.1) is 23.4 Å². The Hall–Kier alpha value is -2.25. The van der Waals surface area contributed by atoms with E-state index in [1.807, 2.05) is 0 Å². The summed E-state index contributed by atoms with van der Waals surface area (Å²) < 4.78 is 45.9. The summed E-state index contributed by atoms with van der Waals surface area (Å²) in [5.74, 6) is -2.81. The molecule has 2 aromatic rings. The Morgan fingerprint density at radius 1 is 0.941 bits per heavy atom. The number of hydrogen-bond donors (Lipinski definition) is 1. The molecule has 0 radical (unpaired) electrons. The first kappa shape index (κ1) is 24.9. The lowest BCUT2D eigenvalue weighted by molar-refractivity contribution is 0.0884. The number of benzene rings is 2. The highest BCUT2D eigenvalue weighted by Gasteiger charge is 2.26. The van der Waals surface area contributed by atoms with Gasteiger partial charge in [-0.2, -0.15) is 0 Å². The quantitative estimate of drug-likeness (QED) is 0.481. The molecule has 2 aromatic carbocycles. The number of halogens is 4. The fraction of sp³-hybridized carbons (Fsp3) is 0.500. The van der Waals surface area contributed by atoms with Crippen LogP contribution in [-0.2, 0) is 0 Å². The summed E-state index contributed by atoms with van der Waals surface area (Å²) in [4.78, 5) is 14.8. The van der Waals surface area contributed by atoms with Crippen molar-refractivity contribution in [3.05, 3.63) is 64.4 Å². The third kappa shape index (κ3) is 6.66. The van der Waals surface area contributed by atoms with Crippen molar-refractivity contribution >= 4 is 17.5 Å². The fourth-order valence-corrected chi connectivity index (χ4v) is 4.98. The van der Waals surface area contributed by atoms with Crippen LogP contribution >= 0.6 is 11.6 Å². The first-order valence-corrected chi connectivity index (χ1v) is 12.3. The molecule has 1 amide bonds. The zero-order chi connectivity index (χ0) is 24.1. The van der Waals surface area contributed by atoms with Crippen molar-refractivity contribution in [2.45, 2.75) is 57.1 Å². The predicted octanol–water partition coefficient (Wildman–Crippen LogP) is 5.98. The largest absolute Gasteiger partial charge is 0.487 e. The molecule has 4 nitrogen and oxygen atoms in total. The van der Waals surface area contributed by atoms with Crippen LogP contribution < -0.4 is 10.1 Å². The van der Waals surface area contributed by atoms with Gasteiger partial charge in [0.05, 0.1) is 0 Å². The molecular weight excluding hydrogens is 465 g/mol. The van der Waals surface area contributed by atoms with E-state index in [-0.39, 0.29) is 23.8 Å². The topological polar surface area (TPSA) is 41.6 Å². The number of nitrogens with one attached hydrogen (secondary N) is 1. The molecule has 4 rings (SSSR count). The molecule has 0 atom stereocenters. The van der Waals surface area contributed by atoms with Crippen molar-refractivity contribution in [2.75, 3.05) is 19.6 Å². The second kappa shape index (κ2) is 11.5. The molecule has 1 saturated carbocycles. The molecular formula is C26H30ClF3N2O2. The SMILES string of the molecule is O=C(N[C@H]1CC[C@H](CCN2CCC(Oc3cc(F)c(F)cc3F)CC2)CC1)c1ccc(Cl)cc1. The second-order valence-electron chi connectivity index (χ2n) is 9.34. The average molecular weight is 495 g/mol. The average Bonchev–Trinajstić information content (AvgIpc) is 2.83. The summed E-state index contributed by atoms with van der Waals surface area (Å²) in [6.45, 7) is 2.67. The third-order valence-corrected chi connectivity index (χ3v) is 7.20. The van der Waals surface area contributed by atoms with Gasteiger partial charge in [0.2, 0.25) is 0 Å². The van der Waals surface area contributed by atoms with Gasteiger partial charge in [0.25, 0.3) is 5.91 Å². The van der Waals surface area contributed by atoms with E-state index in [4.69, 9.17) is 16.3 Å². The Morgan fingerprint density at radius 2 is 1.59 bits per heavy atom. The summed E-state index contributed by atoms with van der Waals surface area (Å²) in [7, 11) is 0. The van der Waals surface area contributed by atoms with Crippen molar-refractivity contribution in [1.82, 2.24) is 10.2 Å². The number of rotatable bonds is 7. The molecule has 184 valence electrons. The van der Waals surface area contributed by atoms with Crippen LogP contribution in [0.15, 0.2) is 36.4 Å². The lowest BCUT2D eigenvalue weighted by Gasteiger charge is -2.34. The van der Waals surface area contributed by atoms with Gasteiger partial charge in [-0.25, -0.2) is 13.2 Å². The minimum absolute atomic E-state index is 0.0477. The smallest absolute Gasteiger partial charge is 0.251 e. The van der Waals surface area contributed by atoms with Gasteiger partial charge in [0.1, 0.15) is 6.10 Å². The van der Waals surface area contributed by atoms with Crippen molar-refractivity contribution in [2.24, 2.45) is 5.92 Å². The molecule has 34 heavy (non-hydrogen) atoms. The zero-order valence-electron chi connectivity index (χ0n) is 19.0. The van der Waals surface area contributed by atoms with Crippen LogP contribution in [0.4, 0.5) is 13.2 Å². The number of likely N-dealkylation sites (tertiary alicyclic amines) is 1. The molecule has 1 heterocycles. The van der Waals surface area contributed by atoms with Gasteiger partial charge < -0.3 is 15.0 Å². The van der Waals surface area contributed by atoms with Crippen LogP contribution in [0.1, 0.15) is 55.3 Å². The third-order valence-electron chi connectivity index (χ3n) is 6.95. The number of piperidine rings is 1. The molecule has 0 aromatic heterocycles. The van der Waals surface area contributed by atoms with E-state index in [1.165, 1.54) is 0 Å². The van der Waals surface area contributed by atoms with Gasteiger partial charge in [-0.15, -0.1) is 0 Å². The van der Waals surface area contributed by atoms with Gasteiger partial charge in [-0.3, -0.25) is 4.79 Å². The molecule has 0 unspecified atom stereocenters. The van der Waals surface area contributed by atoms with Crippen LogP contribution in [0.3, 0.4) is 0 Å². The maximum Gasteiger partial charge on any atom is 0.251 e. The molecule has 8 heteroatoms. The van der Waals surface area contributed by atoms with Crippen LogP contribution in [0.5, 0.6) is 5.75 Å². The maximum absolute atomic E-state index is 13.8. The number of hydrogen-bond acceptors (Lipinski definition) is 3. The van der Waals surface area contributed by atoms with E-state index in [2.05, 4.69) is 10.2 Å². The fourth-order valence-electron chi connectivity index (χ4n) is 4.86. The van der Waals surface area contributed by atoms with Gasteiger partial charge in [-0.05, 0) is 81.7 Å². The Morgan fingerprint density at radius 3 is 2.26 bits per heavy atom. The van der Waals surface area contributed by atoms with Crippen molar-refractivity contribution < 1.29 is 22.7 Å². The summed E-state index contributed by atoms with van der Waals surface area (Å²) in [6, 6.07) is 8.46. The molecule has 2 aliphatic rings. The first-order chi connectivity index (χ1) is 16.4. The molecule has 0 bridgehead atoms. The van der Waals surface area contributed by atoms with Crippen LogP contribution in [0.25, 0.3) is 0 Å². The summed E-state index contributed by atoms with van der Waals surface area (Å²) >= 11 is 5.89. The summed E-state index contributed by atoms with van der Waals surface area (Å²) in [5, 5.41) is 3.76. The van der Waals surface area contributed by atoms with Gasteiger partial charge in [-0.1, -0.05) is 11.6 Å². The van der Waals surface area contributed by atoms with E-state index >= 15 is 0 Å². The highest BCUT2D eigenvalue weighted by molar-refractivity contribution is 6.30. The Balaban J connectivity index is 1.13. The van der Waals surface area contributed by atoms with E-state index in [0.29, 0.717) is 22.6 Å². The van der Waals surface area contributed by atoms with Gasteiger partial charge in [0.15, 0.2) is 23.2 Å². The van der Waals surface area contributed by atoms with Gasteiger partial charge in [0, 0.05) is 41.9 Å². The van der Waals surface area contributed by atoms with E-state index in [9.17, 15) is 18.0 Å². The van der Waals surface area contributed by atoms with E-state index in [1.54, 1.807) is 24.3 Å². The number of amides is 1. The summed E-state index contributed by atoms with van der Waals surface area (Å²) in [5.41, 5.74) is 0.631. The minimum Gasteiger partial charge on any atom is -0.487 e. The lowest BCUT2D eigenvalue weighted by Crippen LogP contribution is -2.40. The highest BCUT2D eigenvalue weighted by atomic mass is 35.5. The highest BCUT2D eigenvalue weighted by Crippen LogP contribution is 2.29. The molecule has 2 fully saturated rings. The maximum atomic E-state index is 13.8. The molecule has 1 saturated heterocycles. The van der Waals surface area contributed by atoms with Crippen molar-refractivity contribution in [3.63, 3.8) is 0 Å². The monoisotopic (exact) mass is 494 g/mol. The minimum atomic E-state index is -1.21. The van der Waals surface area contributed by atoms with Gasteiger partial charge >= 0.3 is 0 Å². The normalized spacial score (nSPS) is 21.9. The first-order valence-electron chi connectivity index (χ1n) is 12.0. The number of nitrogens with zero attached hydrogens (tertiary/aromatic N) is 1. The van der Waals surface area contributed by atoms with Crippen molar-refractivity contribution in [1.29, 1.82) is 0 Å². The number of carbonyl (C=O) groups excluding carboxylic acids is 1. The zero-order valence-corrected chi connectivity index (χ0v) is 19.8. The second-order valence-corrected chi connectivity index (χ2v) is 9.78. The Kier molecular flexibility index (Phi) is 8.37. The standard InChI is InChI=1S/C26H30ClF3N2O2/c27-19-5-3-18(4-6-19)26(33)31-20-7-1-17(2-8-20)9-12-32-13-10-21(11-14-32)34-25-16-23(29)22(28)15-24(25)30/h3-6,15-17,20-21H,1-2,7-14H2,(H,31,33)/t17-,20-. The number of carbonyl (C=O) groups is 1.